The molecule has 1 fully saturated rings. The van der Waals surface area contributed by atoms with Crippen LogP contribution >= 0.6 is 23.2 Å². The third-order valence-corrected chi connectivity index (χ3v) is 4.90. The summed E-state index contributed by atoms with van der Waals surface area (Å²) < 4.78 is 30.7. The quantitative estimate of drug-likeness (QED) is 0.839. The molecule has 0 bridgehead atoms. The van der Waals surface area contributed by atoms with Gasteiger partial charge in [-0.1, -0.05) is 29.3 Å². The van der Waals surface area contributed by atoms with Crippen LogP contribution < -0.4 is 9.46 Å². The molecule has 1 heterocycles. The normalized spacial score (nSPS) is 17.6. The Morgan fingerprint density at radius 2 is 1.86 bits per heavy atom. The smallest absolute Gasteiger partial charge is 0.208 e. The third-order valence-electron chi connectivity index (χ3n) is 3.54. The van der Waals surface area contributed by atoms with Crippen LogP contribution in [0.2, 0.25) is 10.0 Å². The first-order valence-electron chi connectivity index (χ1n) is 7.11. The van der Waals surface area contributed by atoms with Gasteiger partial charge in [0.15, 0.2) is 5.75 Å². The van der Waals surface area contributed by atoms with E-state index in [4.69, 9.17) is 27.9 Å². The maximum atomic E-state index is 11.2. The van der Waals surface area contributed by atoms with Crippen molar-refractivity contribution in [3.05, 3.63) is 28.2 Å². The summed E-state index contributed by atoms with van der Waals surface area (Å²) in [6.07, 6.45) is 2.81. The summed E-state index contributed by atoms with van der Waals surface area (Å²) in [6, 6.07) is 5.29. The second-order valence-corrected chi connectivity index (χ2v) is 8.00. The Hall–Kier alpha value is -0.530. The standard InChI is InChI=1S/C14H20Cl2N2O3S/c1-22(19,20)17-11-5-7-18(8-6-11)9-10-21-14-12(15)3-2-4-13(14)16/h2-4,11,17H,5-10H2,1H3. The fourth-order valence-electron chi connectivity index (χ4n) is 2.47. The largest absolute Gasteiger partial charge is 0.489 e. The molecule has 1 aliphatic heterocycles. The van der Waals surface area contributed by atoms with Crippen LogP contribution in [0.5, 0.6) is 5.75 Å². The number of sulfonamides is 1. The van der Waals surface area contributed by atoms with Crippen molar-refractivity contribution in [3.63, 3.8) is 0 Å². The fourth-order valence-corrected chi connectivity index (χ4v) is 3.82. The van der Waals surface area contributed by atoms with Gasteiger partial charge in [-0.05, 0) is 38.1 Å². The number of benzene rings is 1. The molecule has 0 amide bonds. The molecule has 1 aromatic carbocycles. The van der Waals surface area contributed by atoms with Crippen molar-refractivity contribution in [2.24, 2.45) is 0 Å². The number of piperidine rings is 1. The molecule has 0 atom stereocenters. The summed E-state index contributed by atoms with van der Waals surface area (Å²) in [6.45, 7) is 2.93. The lowest BCUT2D eigenvalue weighted by Gasteiger charge is -2.31. The number of hydrogen-bond donors (Lipinski definition) is 1. The predicted octanol–water partition coefficient (Wildman–Crippen LogP) is 2.39. The van der Waals surface area contributed by atoms with Gasteiger partial charge < -0.3 is 4.74 Å². The van der Waals surface area contributed by atoms with Gasteiger partial charge in [-0.2, -0.15) is 0 Å². The number of ether oxygens (including phenoxy) is 1. The Morgan fingerprint density at radius 3 is 2.41 bits per heavy atom. The highest BCUT2D eigenvalue weighted by atomic mass is 35.5. The molecule has 1 aliphatic rings. The van der Waals surface area contributed by atoms with Crippen LogP contribution in [0.4, 0.5) is 0 Å². The Bertz CT molecular complexity index is 582. The minimum Gasteiger partial charge on any atom is -0.489 e. The Kier molecular flexibility index (Phi) is 6.35. The van der Waals surface area contributed by atoms with Crippen molar-refractivity contribution in [2.75, 3.05) is 32.5 Å². The average Bonchev–Trinajstić information content (AvgIpc) is 2.42. The summed E-state index contributed by atoms with van der Waals surface area (Å²) >= 11 is 12.1. The zero-order valence-corrected chi connectivity index (χ0v) is 14.7. The van der Waals surface area contributed by atoms with Crippen LogP contribution in [-0.2, 0) is 10.0 Å². The molecule has 22 heavy (non-hydrogen) atoms. The lowest BCUT2D eigenvalue weighted by atomic mass is 10.1. The van der Waals surface area contributed by atoms with E-state index in [9.17, 15) is 8.42 Å². The summed E-state index contributed by atoms with van der Waals surface area (Å²) in [4.78, 5) is 2.24. The number of rotatable bonds is 6. The summed E-state index contributed by atoms with van der Waals surface area (Å²) in [5.74, 6) is 0.513. The maximum absolute atomic E-state index is 11.2. The van der Waals surface area contributed by atoms with Gasteiger partial charge in [0.25, 0.3) is 0 Å². The van der Waals surface area contributed by atoms with E-state index in [1.54, 1.807) is 18.2 Å². The van der Waals surface area contributed by atoms with Gasteiger partial charge in [-0.3, -0.25) is 4.90 Å². The summed E-state index contributed by atoms with van der Waals surface area (Å²) in [7, 11) is -3.13. The van der Waals surface area contributed by atoms with Crippen LogP contribution in [0.15, 0.2) is 18.2 Å². The Labute approximate surface area is 141 Å². The van der Waals surface area contributed by atoms with E-state index in [1.165, 1.54) is 6.26 Å². The van der Waals surface area contributed by atoms with Gasteiger partial charge in [-0.15, -0.1) is 0 Å². The van der Waals surface area contributed by atoms with E-state index in [0.29, 0.717) is 22.4 Å². The van der Waals surface area contributed by atoms with Crippen molar-refractivity contribution >= 4 is 33.2 Å². The molecule has 1 aromatic rings. The molecule has 1 N–H and O–H groups in total. The highest BCUT2D eigenvalue weighted by Crippen LogP contribution is 2.32. The minimum atomic E-state index is -3.13. The zero-order chi connectivity index (χ0) is 16.2. The van der Waals surface area contributed by atoms with Gasteiger partial charge >= 0.3 is 0 Å². The molecule has 1 saturated heterocycles. The van der Waals surface area contributed by atoms with Crippen LogP contribution in [0.25, 0.3) is 0 Å². The lowest BCUT2D eigenvalue weighted by Crippen LogP contribution is -2.45. The van der Waals surface area contributed by atoms with Crippen molar-refractivity contribution in [1.82, 2.24) is 9.62 Å². The van der Waals surface area contributed by atoms with Gasteiger partial charge in [0.1, 0.15) is 6.61 Å². The van der Waals surface area contributed by atoms with Gasteiger partial charge in [0.2, 0.25) is 10.0 Å². The Morgan fingerprint density at radius 1 is 1.27 bits per heavy atom. The molecule has 0 aromatic heterocycles. The summed E-state index contributed by atoms with van der Waals surface area (Å²) in [5, 5.41) is 1.01. The highest BCUT2D eigenvalue weighted by molar-refractivity contribution is 7.88. The lowest BCUT2D eigenvalue weighted by molar-refractivity contribution is 0.170. The molecule has 0 aliphatic carbocycles. The predicted molar refractivity (Wildman–Crippen MR) is 89.4 cm³/mol. The van der Waals surface area contributed by atoms with Crippen LogP contribution in [-0.4, -0.2) is 51.9 Å². The monoisotopic (exact) mass is 366 g/mol. The number of nitrogens with one attached hydrogen (secondary N) is 1. The first-order valence-corrected chi connectivity index (χ1v) is 9.76. The number of nitrogens with zero attached hydrogens (tertiary/aromatic N) is 1. The third kappa shape index (κ3) is 5.59. The molecule has 0 radical (unpaired) electrons. The Balaban J connectivity index is 1.73. The van der Waals surface area contributed by atoms with E-state index < -0.39 is 10.0 Å². The van der Waals surface area contributed by atoms with Crippen molar-refractivity contribution in [2.45, 2.75) is 18.9 Å². The summed E-state index contributed by atoms with van der Waals surface area (Å²) in [5.41, 5.74) is 0. The maximum Gasteiger partial charge on any atom is 0.208 e. The molecule has 124 valence electrons. The van der Waals surface area contributed by atoms with Crippen molar-refractivity contribution in [3.8, 4) is 5.75 Å². The van der Waals surface area contributed by atoms with Crippen LogP contribution in [0.1, 0.15) is 12.8 Å². The second kappa shape index (κ2) is 7.84. The van der Waals surface area contributed by atoms with Gasteiger partial charge in [0, 0.05) is 12.6 Å². The molecule has 8 heteroatoms. The van der Waals surface area contributed by atoms with Crippen molar-refractivity contribution < 1.29 is 13.2 Å². The second-order valence-electron chi connectivity index (χ2n) is 5.41. The van der Waals surface area contributed by atoms with E-state index in [1.807, 2.05) is 0 Å². The number of hydrogen-bond acceptors (Lipinski definition) is 4. The van der Waals surface area contributed by atoms with Crippen LogP contribution in [0.3, 0.4) is 0 Å². The molecular weight excluding hydrogens is 347 g/mol. The number of likely N-dealkylation sites (tertiary alicyclic amines) is 1. The first kappa shape index (κ1) is 17.8. The average molecular weight is 367 g/mol. The first-order chi connectivity index (χ1) is 10.3. The van der Waals surface area contributed by atoms with E-state index in [2.05, 4.69) is 9.62 Å². The molecule has 0 spiro atoms. The van der Waals surface area contributed by atoms with E-state index in [0.717, 1.165) is 32.5 Å². The minimum absolute atomic E-state index is 0.0326. The number of halogens is 2. The van der Waals surface area contributed by atoms with Crippen molar-refractivity contribution in [1.29, 1.82) is 0 Å². The molecule has 5 nitrogen and oxygen atoms in total. The van der Waals surface area contributed by atoms with Gasteiger partial charge in [-0.25, -0.2) is 13.1 Å². The SMILES string of the molecule is CS(=O)(=O)NC1CCN(CCOc2c(Cl)cccc2Cl)CC1. The van der Waals surface area contributed by atoms with Crippen LogP contribution in [0, 0.1) is 0 Å². The zero-order valence-electron chi connectivity index (χ0n) is 12.4. The molecule has 0 unspecified atom stereocenters. The topological polar surface area (TPSA) is 58.6 Å². The molecule has 0 saturated carbocycles. The van der Waals surface area contributed by atoms with Gasteiger partial charge in [0.05, 0.1) is 16.3 Å². The molecule has 2 rings (SSSR count). The fraction of sp³-hybridized carbons (Fsp3) is 0.571. The van der Waals surface area contributed by atoms with E-state index in [-0.39, 0.29) is 6.04 Å². The molecular formula is C14H20Cl2N2O3S. The number of para-hydroxylation sites is 1. The highest BCUT2D eigenvalue weighted by Gasteiger charge is 2.21. The van der Waals surface area contributed by atoms with E-state index >= 15 is 0 Å².